The molecule has 1 rings (SSSR count). The molecule has 0 fully saturated rings. The maximum atomic E-state index is 5.61. The maximum absolute atomic E-state index is 5.61. The summed E-state index contributed by atoms with van der Waals surface area (Å²) >= 11 is 0. The Labute approximate surface area is 79.5 Å². The molecule has 0 unspecified atom stereocenters. The van der Waals surface area contributed by atoms with E-state index in [0.717, 1.165) is 18.1 Å². The Hall–Kier alpha value is -0.830. The van der Waals surface area contributed by atoms with Gasteiger partial charge in [0.1, 0.15) is 5.76 Å². The molecule has 13 heavy (non-hydrogen) atoms. The lowest BCUT2D eigenvalue weighted by atomic mass is 9.88. The van der Waals surface area contributed by atoms with Gasteiger partial charge in [0.25, 0.3) is 0 Å². The molecule has 1 heterocycles. The molecule has 1 aromatic heterocycles. The number of aromatic nitrogens is 1. The zero-order valence-electron chi connectivity index (χ0n) is 8.85. The smallest absolute Gasteiger partial charge is 0.208 e. The van der Waals surface area contributed by atoms with E-state index < -0.39 is 0 Å². The summed E-state index contributed by atoms with van der Waals surface area (Å²) in [5.41, 5.74) is 0.0962. The first-order valence-electron chi connectivity index (χ1n) is 4.70. The van der Waals surface area contributed by atoms with Crippen LogP contribution in [0, 0.1) is 0 Å². The average molecular weight is 182 g/mol. The van der Waals surface area contributed by atoms with Crippen molar-refractivity contribution < 1.29 is 4.42 Å². The second kappa shape index (κ2) is 3.92. The minimum atomic E-state index is 0.0962. The van der Waals surface area contributed by atoms with Gasteiger partial charge in [0.15, 0.2) is 0 Å². The van der Waals surface area contributed by atoms with Crippen LogP contribution in [0.15, 0.2) is 10.6 Å². The van der Waals surface area contributed by atoms with Crippen molar-refractivity contribution in [2.45, 2.75) is 39.2 Å². The molecular formula is C10H18N2O. The van der Waals surface area contributed by atoms with Gasteiger partial charge in [0.2, 0.25) is 5.89 Å². The summed E-state index contributed by atoms with van der Waals surface area (Å²) in [6.45, 7) is 7.17. The van der Waals surface area contributed by atoms with Crippen LogP contribution in [0.4, 0.5) is 0 Å². The first-order chi connectivity index (χ1) is 6.10. The highest BCUT2D eigenvalue weighted by Gasteiger charge is 2.22. The lowest BCUT2D eigenvalue weighted by Gasteiger charge is -2.18. The van der Waals surface area contributed by atoms with Gasteiger partial charge in [0, 0.05) is 5.41 Å². The summed E-state index contributed by atoms with van der Waals surface area (Å²) in [7, 11) is 1.88. The Bertz CT molecular complexity index is 266. The Morgan fingerprint density at radius 3 is 2.77 bits per heavy atom. The Morgan fingerprint density at radius 2 is 2.23 bits per heavy atom. The van der Waals surface area contributed by atoms with E-state index in [9.17, 15) is 0 Å². The van der Waals surface area contributed by atoms with Gasteiger partial charge < -0.3 is 9.73 Å². The third-order valence-electron chi connectivity index (χ3n) is 2.43. The summed E-state index contributed by atoms with van der Waals surface area (Å²) in [5, 5.41) is 3.01. The van der Waals surface area contributed by atoms with Gasteiger partial charge in [-0.05, 0) is 13.5 Å². The van der Waals surface area contributed by atoms with Crippen molar-refractivity contribution in [2.75, 3.05) is 7.05 Å². The molecule has 1 N–H and O–H groups in total. The molecule has 1 aromatic rings. The zero-order chi connectivity index (χ0) is 9.90. The van der Waals surface area contributed by atoms with E-state index in [4.69, 9.17) is 4.42 Å². The molecule has 0 aliphatic heterocycles. The van der Waals surface area contributed by atoms with Crippen LogP contribution in [-0.4, -0.2) is 12.0 Å². The highest BCUT2D eigenvalue weighted by molar-refractivity contribution is 5.07. The van der Waals surface area contributed by atoms with Gasteiger partial charge in [-0.1, -0.05) is 20.8 Å². The van der Waals surface area contributed by atoms with E-state index in [1.165, 1.54) is 0 Å². The molecule has 74 valence electrons. The largest absolute Gasteiger partial charge is 0.444 e. The summed E-state index contributed by atoms with van der Waals surface area (Å²) in [5.74, 6) is 1.74. The van der Waals surface area contributed by atoms with Gasteiger partial charge in [-0.3, -0.25) is 0 Å². The van der Waals surface area contributed by atoms with Crippen molar-refractivity contribution in [2.24, 2.45) is 0 Å². The third kappa shape index (κ3) is 2.31. The first-order valence-corrected chi connectivity index (χ1v) is 4.70. The molecule has 0 spiro atoms. The molecule has 0 atom stereocenters. The molecule has 0 amide bonds. The molecule has 3 heteroatoms. The predicted octanol–water partition coefficient (Wildman–Crippen LogP) is 2.08. The minimum Gasteiger partial charge on any atom is -0.444 e. The monoisotopic (exact) mass is 182 g/mol. The highest BCUT2D eigenvalue weighted by atomic mass is 16.4. The molecule has 0 radical (unpaired) electrons. The molecule has 0 aliphatic carbocycles. The minimum absolute atomic E-state index is 0.0962. The standard InChI is InChI=1S/C10H18N2O/c1-5-10(2,3)8-6-12-9(13-8)7-11-4/h6,11H,5,7H2,1-4H3. The lowest BCUT2D eigenvalue weighted by Crippen LogP contribution is -2.14. The van der Waals surface area contributed by atoms with Crippen molar-refractivity contribution >= 4 is 0 Å². The van der Waals surface area contributed by atoms with Gasteiger partial charge in [-0.15, -0.1) is 0 Å². The van der Waals surface area contributed by atoms with Crippen molar-refractivity contribution in [3.63, 3.8) is 0 Å². The molecule has 0 aliphatic rings. The van der Waals surface area contributed by atoms with Crippen LogP contribution < -0.4 is 5.32 Å². The first kappa shape index (κ1) is 10.3. The van der Waals surface area contributed by atoms with E-state index in [-0.39, 0.29) is 5.41 Å². The number of hydrogen-bond acceptors (Lipinski definition) is 3. The van der Waals surface area contributed by atoms with E-state index in [1.54, 1.807) is 0 Å². The fraction of sp³-hybridized carbons (Fsp3) is 0.700. The molecule has 0 saturated carbocycles. The number of hydrogen-bond donors (Lipinski definition) is 1. The van der Waals surface area contributed by atoms with Gasteiger partial charge in [-0.2, -0.15) is 0 Å². The van der Waals surface area contributed by atoms with Crippen LogP contribution in [0.5, 0.6) is 0 Å². The van der Waals surface area contributed by atoms with Crippen molar-refractivity contribution in [3.8, 4) is 0 Å². The molecule has 0 bridgehead atoms. The molecular weight excluding hydrogens is 164 g/mol. The SMILES string of the molecule is CCC(C)(C)c1cnc(CNC)o1. The summed E-state index contributed by atoms with van der Waals surface area (Å²) < 4.78 is 5.61. The normalized spacial score (nSPS) is 12.0. The van der Waals surface area contributed by atoms with Crippen LogP contribution in [0.3, 0.4) is 0 Å². The molecule has 0 aromatic carbocycles. The summed E-state index contributed by atoms with van der Waals surface area (Å²) in [4.78, 5) is 4.19. The summed E-state index contributed by atoms with van der Waals surface area (Å²) in [6.07, 6.45) is 2.89. The average Bonchev–Trinajstić information content (AvgIpc) is 2.54. The third-order valence-corrected chi connectivity index (χ3v) is 2.43. The quantitative estimate of drug-likeness (QED) is 0.774. The Kier molecular flexibility index (Phi) is 3.09. The zero-order valence-corrected chi connectivity index (χ0v) is 8.85. The second-order valence-corrected chi connectivity index (χ2v) is 3.89. The van der Waals surface area contributed by atoms with Gasteiger partial charge >= 0.3 is 0 Å². The van der Waals surface area contributed by atoms with E-state index in [2.05, 4.69) is 31.1 Å². The van der Waals surface area contributed by atoms with Crippen LogP contribution in [0.25, 0.3) is 0 Å². The van der Waals surface area contributed by atoms with Crippen LogP contribution in [-0.2, 0) is 12.0 Å². The number of rotatable bonds is 4. The number of nitrogens with one attached hydrogen (secondary N) is 1. The fourth-order valence-electron chi connectivity index (χ4n) is 1.03. The highest BCUT2D eigenvalue weighted by Crippen LogP contribution is 2.26. The van der Waals surface area contributed by atoms with E-state index in [0.29, 0.717) is 6.54 Å². The van der Waals surface area contributed by atoms with Crippen molar-refractivity contribution in [3.05, 3.63) is 17.8 Å². The van der Waals surface area contributed by atoms with Crippen molar-refractivity contribution in [1.82, 2.24) is 10.3 Å². The maximum Gasteiger partial charge on any atom is 0.208 e. The van der Waals surface area contributed by atoms with E-state index >= 15 is 0 Å². The van der Waals surface area contributed by atoms with E-state index in [1.807, 2.05) is 13.2 Å². The Morgan fingerprint density at radius 1 is 1.54 bits per heavy atom. The van der Waals surface area contributed by atoms with Gasteiger partial charge in [-0.25, -0.2) is 4.98 Å². The van der Waals surface area contributed by atoms with Crippen LogP contribution >= 0.6 is 0 Å². The number of nitrogens with zero attached hydrogens (tertiary/aromatic N) is 1. The van der Waals surface area contributed by atoms with Crippen molar-refractivity contribution in [1.29, 1.82) is 0 Å². The molecule has 3 nitrogen and oxygen atoms in total. The fourth-order valence-corrected chi connectivity index (χ4v) is 1.03. The van der Waals surface area contributed by atoms with Gasteiger partial charge in [0.05, 0.1) is 12.7 Å². The second-order valence-electron chi connectivity index (χ2n) is 3.89. The Balaban J connectivity index is 2.79. The topological polar surface area (TPSA) is 38.1 Å². The van der Waals surface area contributed by atoms with Crippen LogP contribution in [0.1, 0.15) is 38.8 Å². The van der Waals surface area contributed by atoms with Crippen LogP contribution in [0.2, 0.25) is 0 Å². The predicted molar refractivity (Wildman–Crippen MR) is 52.6 cm³/mol. The summed E-state index contributed by atoms with van der Waals surface area (Å²) in [6, 6.07) is 0. The molecule has 0 saturated heterocycles. The lowest BCUT2D eigenvalue weighted by molar-refractivity contribution is 0.352. The number of oxazole rings is 1.